The number of hydrogen-bond acceptors (Lipinski definition) is 3. The molecule has 1 rings (SSSR count). The van der Waals surface area contributed by atoms with Crippen LogP contribution in [0, 0.1) is 17.0 Å². The van der Waals surface area contributed by atoms with Crippen LogP contribution in [0.1, 0.15) is 18.9 Å². The first-order valence-electron chi connectivity index (χ1n) is 4.59. The summed E-state index contributed by atoms with van der Waals surface area (Å²) >= 11 is 0. The monoisotopic (exact) mass is 208 g/mol. The van der Waals surface area contributed by atoms with Crippen molar-refractivity contribution in [3.63, 3.8) is 0 Å². The minimum absolute atomic E-state index is 0.0296. The molecule has 1 N–H and O–H groups in total. The second-order valence-corrected chi connectivity index (χ2v) is 3.16. The van der Waals surface area contributed by atoms with Crippen LogP contribution in [0.5, 0.6) is 0 Å². The van der Waals surface area contributed by atoms with Gasteiger partial charge < -0.3 is 5.32 Å². The van der Waals surface area contributed by atoms with Crippen molar-refractivity contribution in [2.45, 2.75) is 20.3 Å². The molecular weight excluding hydrogens is 196 g/mol. The number of nitrogens with one attached hydrogen (secondary N) is 1. The van der Waals surface area contributed by atoms with Crippen molar-refractivity contribution in [2.24, 2.45) is 0 Å². The van der Waals surface area contributed by atoms with Crippen molar-refractivity contribution in [1.82, 2.24) is 0 Å². The van der Waals surface area contributed by atoms with Crippen LogP contribution in [-0.2, 0) is 4.79 Å². The Balaban J connectivity index is 2.93. The number of carbonyl (C=O) groups is 1. The average molecular weight is 208 g/mol. The van der Waals surface area contributed by atoms with E-state index in [0.717, 1.165) is 0 Å². The van der Waals surface area contributed by atoms with Gasteiger partial charge in [-0.05, 0) is 18.6 Å². The molecule has 0 aromatic heterocycles. The van der Waals surface area contributed by atoms with Gasteiger partial charge in [0.15, 0.2) is 0 Å². The Hall–Kier alpha value is -1.91. The van der Waals surface area contributed by atoms with E-state index in [4.69, 9.17) is 0 Å². The van der Waals surface area contributed by atoms with Gasteiger partial charge in [-0.15, -0.1) is 0 Å². The van der Waals surface area contributed by atoms with Gasteiger partial charge in [-0.1, -0.05) is 6.92 Å². The van der Waals surface area contributed by atoms with E-state index in [1.165, 1.54) is 12.1 Å². The summed E-state index contributed by atoms with van der Waals surface area (Å²) in [6.45, 7) is 3.47. The standard InChI is InChI=1S/C10H12N2O3/c1-3-10(13)11-9-5-4-8(12(14)15)6-7(9)2/h4-6H,3H2,1-2H3,(H,11,13). The molecule has 0 spiro atoms. The summed E-state index contributed by atoms with van der Waals surface area (Å²) in [4.78, 5) is 21.1. The fourth-order valence-corrected chi connectivity index (χ4v) is 1.14. The Labute approximate surface area is 87.3 Å². The fourth-order valence-electron chi connectivity index (χ4n) is 1.14. The Bertz CT molecular complexity index is 402. The summed E-state index contributed by atoms with van der Waals surface area (Å²) < 4.78 is 0. The third kappa shape index (κ3) is 2.77. The number of nitro groups is 1. The Kier molecular flexibility index (Phi) is 3.38. The first-order chi connectivity index (χ1) is 7.04. The zero-order valence-corrected chi connectivity index (χ0v) is 8.61. The minimum Gasteiger partial charge on any atom is -0.326 e. The van der Waals surface area contributed by atoms with E-state index in [0.29, 0.717) is 17.7 Å². The molecule has 80 valence electrons. The third-order valence-electron chi connectivity index (χ3n) is 2.02. The van der Waals surface area contributed by atoms with Gasteiger partial charge in [-0.3, -0.25) is 14.9 Å². The van der Waals surface area contributed by atoms with Crippen LogP contribution in [0.4, 0.5) is 11.4 Å². The highest BCUT2D eigenvalue weighted by Crippen LogP contribution is 2.21. The molecule has 5 nitrogen and oxygen atoms in total. The zero-order valence-electron chi connectivity index (χ0n) is 8.61. The van der Waals surface area contributed by atoms with E-state index in [1.54, 1.807) is 19.9 Å². The number of non-ortho nitro benzene ring substituents is 1. The molecule has 0 atom stereocenters. The number of rotatable bonds is 3. The van der Waals surface area contributed by atoms with Crippen molar-refractivity contribution < 1.29 is 9.72 Å². The van der Waals surface area contributed by atoms with Gasteiger partial charge in [-0.2, -0.15) is 0 Å². The molecule has 15 heavy (non-hydrogen) atoms. The highest BCUT2D eigenvalue weighted by atomic mass is 16.6. The van der Waals surface area contributed by atoms with E-state index in [-0.39, 0.29) is 11.6 Å². The van der Waals surface area contributed by atoms with Crippen LogP contribution in [0.2, 0.25) is 0 Å². The highest BCUT2D eigenvalue weighted by molar-refractivity contribution is 5.91. The molecule has 0 bridgehead atoms. The molecule has 5 heteroatoms. The van der Waals surface area contributed by atoms with Crippen molar-refractivity contribution in [2.75, 3.05) is 5.32 Å². The smallest absolute Gasteiger partial charge is 0.269 e. The van der Waals surface area contributed by atoms with Crippen LogP contribution < -0.4 is 5.32 Å². The van der Waals surface area contributed by atoms with Crippen LogP contribution in [0.3, 0.4) is 0 Å². The lowest BCUT2D eigenvalue weighted by atomic mass is 10.2. The van der Waals surface area contributed by atoms with Gasteiger partial charge in [-0.25, -0.2) is 0 Å². The minimum atomic E-state index is -0.460. The summed E-state index contributed by atoms with van der Waals surface area (Å²) in [5.74, 6) is -0.105. The highest BCUT2D eigenvalue weighted by Gasteiger charge is 2.08. The molecular formula is C10H12N2O3. The van der Waals surface area contributed by atoms with Crippen molar-refractivity contribution in [3.8, 4) is 0 Å². The van der Waals surface area contributed by atoms with E-state index in [1.807, 2.05) is 0 Å². The number of aryl methyl sites for hydroxylation is 1. The summed E-state index contributed by atoms with van der Waals surface area (Å²) in [6.07, 6.45) is 0.385. The van der Waals surface area contributed by atoms with E-state index in [2.05, 4.69) is 5.32 Å². The summed E-state index contributed by atoms with van der Waals surface area (Å²) in [5.41, 5.74) is 1.33. The second-order valence-electron chi connectivity index (χ2n) is 3.16. The molecule has 0 saturated carbocycles. The number of carbonyl (C=O) groups excluding carboxylic acids is 1. The molecule has 0 fully saturated rings. The summed E-state index contributed by atoms with van der Waals surface area (Å²) in [7, 11) is 0. The number of nitro benzene ring substituents is 1. The predicted octanol–water partition coefficient (Wildman–Crippen LogP) is 2.25. The maximum absolute atomic E-state index is 11.1. The molecule has 0 heterocycles. The van der Waals surface area contributed by atoms with Gasteiger partial charge in [0, 0.05) is 24.2 Å². The zero-order chi connectivity index (χ0) is 11.4. The SMILES string of the molecule is CCC(=O)Nc1ccc([N+](=O)[O-])cc1C. The van der Waals surface area contributed by atoms with Crippen LogP contribution in [0.15, 0.2) is 18.2 Å². The summed E-state index contributed by atoms with van der Waals surface area (Å²) in [5, 5.41) is 13.1. The lowest BCUT2D eigenvalue weighted by Gasteiger charge is -2.06. The molecule has 1 aromatic rings. The molecule has 0 aliphatic carbocycles. The molecule has 0 aliphatic rings. The van der Waals surface area contributed by atoms with Gasteiger partial charge in [0.1, 0.15) is 0 Å². The quantitative estimate of drug-likeness (QED) is 0.611. The van der Waals surface area contributed by atoms with Crippen LogP contribution in [-0.4, -0.2) is 10.8 Å². The van der Waals surface area contributed by atoms with E-state index >= 15 is 0 Å². The maximum Gasteiger partial charge on any atom is 0.269 e. The lowest BCUT2D eigenvalue weighted by Crippen LogP contribution is -2.10. The molecule has 1 aromatic carbocycles. The predicted molar refractivity (Wildman–Crippen MR) is 56.8 cm³/mol. The molecule has 0 unspecified atom stereocenters. The van der Waals surface area contributed by atoms with Gasteiger partial charge in [0.05, 0.1) is 4.92 Å². The number of benzene rings is 1. The van der Waals surface area contributed by atoms with Crippen molar-refractivity contribution in [3.05, 3.63) is 33.9 Å². The van der Waals surface area contributed by atoms with Crippen molar-refractivity contribution in [1.29, 1.82) is 0 Å². The number of hydrogen-bond donors (Lipinski definition) is 1. The third-order valence-corrected chi connectivity index (χ3v) is 2.02. The lowest BCUT2D eigenvalue weighted by molar-refractivity contribution is -0.384. The molecule has 0 aliphatic heterocycles. The van der Waals surface area contributed by atoms with E-state index < -0.39 is 4.92 Å². The number of nitrogens with zero attached hydrogens (tertiary/aromatic N) is 1. The summed E-state index contributed by atoms with van der Waals surface area (Å²) in [6, 6.07) is 4.35. The molecule has 0 saturated heterocycles. The Morgan fingerprint density at radius 1 is 1.53 bits per heavy atom. The largest absolute Gasteiger partial charge is 0.326 e. The van der Waals surface area contributed by atoms with Gasteiger partial charge in [0.2, 0.25) is 5.91 Å². The number of amides is 1. The first kappa shape index (κ1) is 11.2. The Morgan fingerprint density at radius 2 is 2.20 bits per heavy atom. The average Bonchev–Trinajstić information content (AvgIpc) is 2.20. The Morgan fingerprint density at radius 3 is 2.67 bits per heavy atom. The van der Waals surface area contributed by atoms with Crippen LogP contribution >= 0.6 is 0 Å². The number of anilines is 1. The maximum atomic E-state index is 11.1. The molecule has 0 radical (unpaired) electrons. The van der Waals surface area contributed by atoms with Crippen molar-refractivity contribution >= 4 is 17.3 Å². The van der Waals surface area contributed by atoms with Crippen LogP contribution in [0.25, 0.3) is 0 Å². The first-order valence-corrected chi connectivity index (χ1v) is 4.59. The topological polar surface area (TPSA) is 72.2 Å². The van der Waals surface area contributed by atoms with Gasteiger partial charge in [0.25, 0.3) is 5.69 Å². The van der Waals surface area contributed by atoms with Gasteiger partial charge >= 0.3 is 0 Å². The normalized spacial score (nSPS) is 9.73. The molecule has 1 amide bonds. The fraction of sp³-hybridized carbons (Fsp3) is 0.300. The second kappa shape index (κ2) is 4.54. The van der Waals surface area contributed by atoms with E-state index in [9.17, 15) is 14.9 Å².